The number of esters is 1. The van der Waals surface area contributed by atoms with Gasteiger partial charge in [-0.3, -0.25) is 19.3 Å². The van der Waals surface area contributed by atoms with Gasteiger partial charge in [-0.1, -0.05) is 36.4 Å². The Morgan fingerprint density at radius 2 is 1.66 bits per heavy atom. The number of aryl methyl sites for hydroxylation is 1. The molecular weight excluding hydrogens is 558 g/mol. The van der Waals surface area contributed by atoms with Gasteiger partial charge in [-0.2, -0.15) is 0 Å². The summed E-state index contributed by atoms with van der Waals surface area (Å²) in [4.78, 5) is 47.2. The first-order valence-electron chi connectivity index (χ1n) is 14.6. The highest BCUT2D eigenvalue weighted by Crippen LogP contribution is 2.33. The number of piperazine rings is 1. The summed E-state index contributed by atoms with van der Waals surface area (Å²) < 4.78 is 4.85. The van der Waals surface area contributed by atoms with Crippen molar-refractivity contribution in [1.29, 1.82) is 0 Å². The lowest BCUT2D eigenvalue weighted by atomic mass is 9.97. The standard InChI is InChI=1S/C34H41N5O5/c1-24-21-28(12-14-29(24)33(41)38(4)44-20-19-39-17-15-37(3)16-18-39)36-32(26-9-7-6-8-10-26)25(2)30-13-11-27(34(42)43-5)22-31(30)35-23-40/h6-14,21-23,36H,15-20H2,1-5H3,(H,35,40)/b32-25+. The van der Waals surface area contributed by atoms with Crippen molar-refractivity contribution in [3.05, 3.63) is 94.5 Å². The second-order valence-corrected chi connectivity index (χ2v) is 10.8. The molecule has 0 aromatic heterocycles. The van der Waals surface area contributed by atoms with Crippen LogP contribution in [0.5, 0.6) is 0 Å². The number of hydrogen-bond donors (Lipinski definition) is 2. The van der Waals surface area contributed by atoms with Crippen molar-refractivity contribution >= 4 is 40.9 Å². The van der Waals surface area contributed by atoms with Gasteiger partial charge in [0.15, 0.2) is 0 Å². The lowest BCUT2D eigenvalue weighted by Crippen LogP contribution is -2.46. The van der Waals surface area contributed by atoms with Gasteiger partial charge in [0.1, 0.15) is 0 Å². The zero-order valence-corrected chi connectivity index (χ0v) is 26.1. The Morgan fingerprint density at radius 3 is 2.32 bits per heavy atom. The summed E-state index contributed by atoms with van der Waals surface area (Å²) in [5, 5.41) is 7.55. The van der Waals surface area contributed by atoms with Crippen LogP contribution >= 0.6 is 0 Å². The summed E-state index contributed by atoms with van der Waals surface area (Å²) >= 11 is 0. The summed E-state index contributed by atoms with van der Waals surface area (Å²) in [5.74, 6) is -0.706. The van der Waals surface area contributed by atoms with E-state index in [1.54, 1.807) is 31.3 Å². The van der Waals surface area contributed by atoms with Crippen molar-refractivity contribution in [2.75, 3.05) is 71.2 Å². The van der Waals surface area contributed by atoms with Gasteiger partial charge in [-0.25, -0.2) is 9.86 Å². The van der Waals surface area contributed by atoms with Crippen LogP contribution in [0.4, 0.5) is 11.4 Å². The molecule has 1 saturated heterocycles. The van der Waals surface area contributed by atoms with Gasteiger partial charge in [0.05, 0.1) is 19.3 Å². The van der Waals surface area contributed by atoms with Gasteiger partial charge in [-0.15, -0.1) is 0 Å². The average molecular weight is 600 g/mol. The van der Waals surface area contributed by atoms with E-state index in [-0.39, 0.29) is 5.91 Å². The van der Waals surface area contributed by atoms with Crippen LogP contribution in [0.1, 0.15) is 44.3 Å². The van der Waals surface area contributed by atoms with E-state index in [0.717, 1.165) is 66.4 Å². The number of rotatable bonds is 12. The number of amides is 2. The van der Waals surface area contributed by atoms with E-state index in [2.05, 4.69) is 27.5 Å². The van der Waals surface area contributed by atoms with Gasteiger partial charge in [0, 0.05) is 68.0 Å². The molecule has 2 N–H and O–H groups in total. The van der Waals surface area contributed by atoms with Crippen LogP contribution in [0.3, 0.4) is 0 Å². The average Bonchev–Trinajstić information content (AvgIpc) is 3.04. The molecule has 2 amide bonds. The molecule has 0 bridgehead atoms. The predicted molar refractivity (Wildman–Crippen MR) is 173 cm³/mol. The molecular formula is C34H41N5O5. The maximum absolute atomic E-state index is 13.2. The highest BCUT2D eigenvalue weighted by Gasteiger charge is 2.19. The fourth-order valence-electron chi connectivity index (χ4n) is 5.15. The van der Waals surface area contributed by atoms with Crippen LogP contribution in [-0.2, 0) is 14.4 Å². The Morgan fingerprint density at radius 1 is 0.955 bits per heavy atom. The van der Waals surface area contributed by atoms with E-state index in [0.29, 0.717) is 29.8 Å². The minimum atomic E-state index is -0.496. The second-order valence-electron chi connectivity index (χ2n) is 10.8. The van der Waals surface area contributed by atoms with Crippen LogP contribution in [-0.4, -0.2) is 93.7 Å². The largest absolute Gasteiger partial charge is 0.465 e. The smallest absolute Gasteiger partial charge is 0.337 e. The van der Waals surface area contributed by atoms with Crippen molar-refractivity contribution in [3.8, 4) is 0 Å². The zero-order chi connectivity index (χ0) is 31.6. The summed E-state index contributed by atoms with van der Waals surface area (Å²) in [6.07, 6.45) is 0.578. The first-order valence-corrected chi connectivity index (χ1v) is 14.6. The highest BCUT2D eigenvalue weighted by molar-refractivity contribution is 6.01. The van der Waals surface area contributed by atoms with Crippen LogP contribution in [0, 0.1) is 6.92 Å². The molecule has 10 heteroatoms. The minimum absolute atomic E-state index is 0.210. The van der Waals surface area contributed by atoms with E-state index in [1.165, 1.54) is 12.2 Å². The van der Waals surface area contributed by atoms with Crippen LogP contribution in [0.25, 0.3) is 11.3 Å². The molecule has 0 spiro atoms. The highest BCUT2D eigenvalue weighted by atomic mass is 16.7. The zero-order valence-electron chi connectivity index (χ0n) is 26.1. The Kier molecular flexibility index (Phi) is 11.3. The Labute approximate surface area is 259 Å². The van der Waals surface area contributed by atoms with Crippen molar-refractivity contribution in [2.24, 2.45) is 0 Å². The van der Waals surface area contributed by atoms with E-state index >= 15 is 0 Å². The minimum Gasteiger partial charge on any atom is -0.465 e. The summed E-state index contributed by atoms with van der Waals surface area (Å²) in [6.45, 7) is 9.12. The Hall–Kier alpha value is -4.51. The molecule has 1 aliphatic heterocycles. The fraction of sp³-hybridized carbons (Fsp3) is 0.324. The molecule has 1 heterocycles. The van der Waals surface area contributed by atoms with Gasteiger partial charge >= 0.3 is 5.97 Å². The number of hydrogen-bond acceptors (Lipinski definition) is 8. The molecule has 1 fully saturated rings. The third kappa shape index (κ3) is 8.10. The van der Waals surface area contributed by atoms with Crippen molar-refractivity contribution in [2.45, 2.75) is 13.8 Å². The molecule has 232 valence electrons. The van der Waals surface area contributed by atoms with Crippen molar-refractivity contribution in [3.63, 3.8) is 0 Å². The number of hydroxylamine groups is 2. The van der Waals surface area contributed by atoms with Gasteiger partial charge < -0.3 is 20.3 Å². The third-order valence-corrected chi connectivity index (χ3v) is 7.80. The van der Waals surface area contributed by atoms with E-state index < -0.39 is 5.97 Å². The predicted octanol–water partition coefficient (Wildman–Crippen LogP) is 4.60. The van der Waals surface area contributed by atoms with Crippen molar-refractivity contribution < 1.29 is 24.0 Å². The molecule has 0 saturated carbocycles. The molecule has 3 aromatic rings. The number of ether oxygens (including phenoxy) is 1. The van der Waals surface area contributed by atoms with E-state index in [1.807, 2.05) is 56.3 Å². The number of nitrogens with one attached hydrogen (secondary N) is 2. The number of anilines is 2. The molecule has 0 aliphatic carbocycles. The molecule has 1 aliphatic rings. The second kappa shape index (κ2) is 15.3. The van der Waals surface area contributed by atoms with E-state index in [4.69, 9.17) is 9.57 Å². The van der Waals surface area contributed by atoms with Gasteiger partial charge in [0.25, 0.3) is 5.91 Å². The Bertz CT molecular complexity index is 1500. The first kappa shape index (κ1) is 32.4. The number of likely N-dealkylation sites (N-methyl/N-ethyl adjacent to an activating group) is 1. The summed E-state index contributed by atoms with van der Waals surface area (Å²) in [6, 6.07) is 20.4. The van der Waals surface area contributed by atoms with Crippen LogP contribution in [0.15, 0.2) is 66.7 Å². The van der Waals surface area contributed by atoms with Crippen LogP contribution < -0.4 is 10.6 Å². The molecule has 0 atom stereocenters. The molecule has 44 heavy (non-hydrogen) atoms. The lowest BCUT2D eigenvalue weighted by Gasteiger charge is -2.32. The van der Waals surface area contributed by atoms with Gasteiger partial charge in [0.2, 0.25) is 6.41 Å². The Balaban J connectivity index is 1.55. The molecule has 0 unspecified atom stereocenters. The number of benzene rings is 3. The fourth-order valence-corrected chi connectivity index (χ4v) is 5.15. The summed E-state index contributed by atoms with van der Waals surface area (Å²) in [5.41, 5.74) is 6.22. The number of allylic oxidation sites excluding steroid dienone is 1. The normalized spacial score (nSPS) is 14.4. The number of carbonyl (C=O) groups is 3. The SMILES string of the molecule is COC(=O)c1ccc(/C(C)=C(/Nc2ccc(C(=O)N(C)OCCN3CCN(C)CC3)c(C)c2)c2ccccc2)c(NC=O)c1. The maximum Gasteiger partial charge on any atom is 0.337 e. The summed E-state index contributed by atoms with van der Waals surface area (Å²) in [7, 11) is 5.08. The van der Waals surface area contributed by atoms with Crippen LogP contribution in [0.2, 0.25) is 0 Å². The maximum atomic E-state index is 13.2. The molecule has 4 rings (SSSR count). The quantitative estimate of drug-likeness (QED) is 0.135. The first-order chi connectivity index (χ1) is 21.2. The number of nitrogens with zero attached hydrogens (tertiary/aromatic N) is 3. The number of carbonyl (C=O) groups excluding carboxylic acids is 3. The molecule has 0 radical (unpaired) electrons. The lowest BCUT2D eigenvalue weighted by molar-refractivity contribution is -0.111. The third-order valence-electron chi connectivity index (χ3n) is 7.80. The van der Waals surface area contributed by atoms with Gasteiger partial charge in [-0.05, 0) is 67.9 Å². The van der Waals surface area contributed by atoms with Crippen molar-refractivity contribution in [1.82, 2.24) is 14.9 Å². The number of methoxy groups -OCH3 is 1. The van der Waals surface area contributed by atoms with E-state index in [9.17, 15) is 14.4 Å². The molecule has 3 aromatic carbocycles. The molecule has 10 nitrogen and oxygen atoms in total. The monoisotopic (exact) mass is 599 g/mol. The topological polar surface area (TPSA) is 103 Å².